The highest BCUT2D eigenvalue weighted by Gasteiger charge is 2.47. The molecule has 2 fully saturated rings. The Morgan fingerprint density at radius 2 is 2.33 bits per heavy atom. The molecule has 0 bridgehead atoms. The van der Waals surface area contributed by atoms with Crippen LogP contribution < -0.4 is 5.73 Å². The van der Waals surface area contributed by atoms with E-state index in [1.54, 1.807) is 4.90 Å². The number of carbonyl (C=O) groups is 2. The highest BCUT2D eigenvalue weighted by atomic mass is 16.5. The molecule has 1 saturated heterocycles. The van der Waals surface area contributed by atoms with Gasteiger partial charge in [0.05, 0.1) is 13.2 Å². The first-order valence-corrected chi connectivity index (χ1v) is 5.26. The van der Waals surface area contributed by atoms with Crippen molar-refractivity contribution in [2.45, 2.75) is 31.3 Å². The van der Waals surface area contributed by atoms with Gasteiger partial charge in [-0.15, -0.1) is 0 Å². The predicted octanol–water partition coefficient (Wildman–Crippen LogP) is -0.502. The Balaban J connectivity index is 2.06. The van der Waals surface area contributed by atoms with E-state index < -0.39 is 6.04 Å². The minimum atomic E-state index is -0.442. The minimum absolute atomic E-state index is 0.0458. The molecule has 1 aliphatic carbocycles. The number of ether oxygens (including phenoxy) is 1. The summed E-state index contributed by atoms with van der Waals surface area (Å²) in [4.78, 5) is 24.6. The van der Waals surface area contributed by atoms with Crippen molar-refractivity contribution in [3.63, 3.8) is 0 Å². The maximum absolute atomic E-state index is 11.8. The SMILES string of the molecule is COC(=O)CN1C(=O)C(N)CCC2CC21. The normalized spacial score (nSPS) is 34.4. The Kier molecular flexibility index (Phi) is 2.65. The van der Waals surface area contributed by atoms with Crippen molar-refractivity contribution >= 4 is 11.9 Å². The van der Waals surface area contributed by atoms with Gasteiger partial charge in [-0.25, -0.2) is 0 Å². The van der Waals surface area contributed by atoms with Gasteiger partial charge in [0.25, 0.3) is 0 Å². The van der Waals surface area contributed by atoms with Gasteiger partial charge >= 0.3 is 5.97 Å². The number of hydrogen-bond donors (Lipinski definition) is 1. The molecule has 1 amide bonds. The molecule has 15 heavy (non-hydrogen) atoms. The Labute approximate surface area is 88.5 Å². The van der Waals surface area contributed by atoms with E-state index in [0.29, 0.717) is 5.92 Å². The van der Waals surface area contributed by atoms with Crippen molar-refractivity contribution in [3.8, 4) is 0 Å². The summed E-state index contributed by atoms with van der Waals surface area (Å²) in [6.45, 7) is 0.0458. The van der Waals surface area contributed by atoms with Crippen LogP contribution in [-0.2, 0) is 14.3 Å². The summed E-state index contributed by atoms with van der Waals surface area (Å²) in [6.07, 6.45) is 2.74. The van der Waals surface area contributed by atoms with E-state index in [2.05, 4.69) is 4.74 Å². The fourth-order valence-corrected chi connectivity index (χ4v) is 2.22. The van der Waals surface area contributed by atoms with Gasteiger partial charge in [0.2, 0.25) is 5.91 Å². The molecule has 3 unspecified atom stereocenters. The van der Waals surface area contributed by atoms with E-state index in [4.69, 9.17) is 5.73 Å². The van der Waals surface area contributed by atoms with Gasteiger partial charge in [-0.05, 0) is 25.2 Å². The molecule has 3 atom stereocenters. The van der Waals surface area contributed by atoms with E-state index in [9.17, 15) is 9.59 Å². The van der Waals surface area contributed by atoms with E-state index in [1.807, 2.05) is 0 Å². The van der Waals surface area contributed by atoms with E-state index in [1.165, 1.54) is 7.11 Å². The summed E-state index contributed by atoms with van der Waals surface area (Å²) in [7, 11) is 1.33. The molecule has 2 aliphatic rings. The number of amides is 1. The molecule has 0 spiro atoms. The zero-order valence-electron chi connectivity index (χ0n) is 8.81. The van der Waals surface area contributed by atoms with Gasteiger partial charge in [-0.2, -0.15) is 0 Å². The number of rotatable bonds is 2. The molecule has 0 radical (unpaired) electrons. The van der Waals surface area contributed by atoms with Gasteiger partial charge in [0, 0.05) is 6.04 Å². The minimum Gasteiger partial charge on any atom is -0.468 e. The van der Waals surface area contributed by atoms with Crippen LogP contribution >= 0.6 is 0 Å². The molecule has 84 valence electrons. The molecular weight excluding hydrogens is 196 g/mol. The molecule has 0 aromatic rings. The van der Waals surface area contributed by atoms with Crippen LogP contribution in [0.4, 0.5) is 0 Å². The third-order valence-corrected chi connectivity index (χ3v) is 3.26. The summed E-state index contributed by atoms with van der Waals surface area (Å²) in [5.74, 6) is 0.0701. The van der Waals surface area contributed by atoms with Crippen LogP contribution in [0, 0.1) is 5.92 Å². The van der Waals surface area contributed by atoms with Crippen LogP contribution in [0.15, 0.2) is 0 Å². The van der Waals surface area contributed by atoms with Crippen LogP contribution in [0.5, 0.6) is 0 Å². The second-order valence-electron chi connectivity index (χ2n) is 4.29. The topological polar surface area (TPSA) is 72.6 Å². The standard InChI is InChI=1S/C10H16N2O3/c1-15-9(13)5-12-8-4-6(8)2-3-7(11)10(12)14/h6-8H,2-5,11H2,1H3. The van der Waals surface area contributed by atoms with Crippen molar-refractivity contribution in [2.24, 2.45) is 11.7 Å². The lowest BCUT2D eigenvalue weighted by Crippen LogP contribution is -2.46. The summed E-state index contributed by atoms with van der Waals surface area (Å²) in [5.41, 5.74) is 5.73. The van der Waals surface area contributed by atoms with Crippen LogP contribution in [0.1, 0.15) is 19.3 Å². The molecule has 0 aromatic heterocycles. The van der Waals surface area contributed by atoms with Crippen LogP contribution in [0.2, 0.25) is 0 Å². The number of methoxy groups -OCH3 is 1. The first-order chi connectivity index (χ1) is 7.13. The fraction of sp³-hybridized carbons (Fsp3) is 0.800. The van der Waals surface area contributed by atoms with E-state index in [0.717, 1.165) is 19.3 Å². The molecule has 1 aliphatic heterocycles. The van der Waals surface area contributed by atoms with Crippen molar-refractivity contribution in [2.75, 3.05) is 13.7 Å². The van der Waals surface area contributed by atoms with Gasteiger partial charge in [-0.1, -0.05) is 0 Å². The quantitative estimate of drug-likeness (QED) is 0.626. The highest BCUT2D eigenvalue weighted by Crippen LogP contribution is 2.42. The average molecular weight is 212 g/mol. The fourth-order valence-electron chi connectivity index (χ4n) is 2.22. The number of esters is 1. The molecule has 1 heterocycles. The lowest BCUT2D eigenvalue weighted by Gasteiger charge is -2.22. The van der Waals surface area contributed by atoms with Crippen LogP contribution in [0.25, 0.3) is 0 Å². The lowest BCUT2D eigenvalue weighted by molar-refractivity contribution is -0.147. The van der Waals surface area contributed by atoms with Crippen molar-refractivity contribution in [3.05, 3.63) is 0 Å². The summed E-state index contributed by atoms with van der Waals surface area (Å²) >= 11 is 0. The third kappa shape index (κ3) is 1.97. The second-order valence-corrected chi connectivity index (χ2v) is 4.29. The Bertz CT molecular complexity index is 292. The number of nitrogens with zero attached hydrogens (tertiary/aromatic N) is 1. The van der Waals surface area contributed by atoms with Crippen molar-refractivity contribution in [1.82, 2.24) is 4.90 Å². The summed E-state index contributed by atoms with van der Waals surface area (Å²) < 4.78 is 4.57. The molecule has 2 N–H and O–H groups in total. The van der Waals surface area contributed by atoms with Crippen molar-refractivity contribution < 1.29 is 14.3 Å². The largest absolute Gasteiger partial charge is 0.468 e. The maximum Gasteiger partial charge on any atom is 0.325 e. The van der Waals surface area contributed by atoms with E-state index in [-0.39, 0.29) is 24.5 Å². The van der Waals surface area contributed by atoms with Gasteiger partial charge in [0.15, 0.2) is 0 Å². The summed E-state index contributed by atoms with van der Waals surface area (Å²) in [5, 5.41) is 0. The van der Waals surface area contributed by atoms with Crippen LogP contribution in [-0.4, -0.2) is 42.5 Å². The molecule has 2 rings (SSSR count). The number of carbonyl (C=O) groups excluding carboxylic acids is 2. The Hall–Kier alpha value is -1.10. The number of likely N-dealkylation sites (tertiary alicyclic amines) is 1. The van der Waals surface area contributed by atoms with Gasteiger partial charge in [-0.3, -0.25) is 9.59 Å². The average Bonchev–Trinajstić information content (AvgIpc) is 3.00. The van der Waals surface area contributed by atoms with Crippen molar-refractivity contribution in [1.29, 1.82) is 0 Å². The smallest absolute Gasteiger partial charge is 0.325 e. The monoisotopic (exact) mass is 212 g/mol. The summed E-state index contributed by atoms with van der Waals surface area (Å²) in [6, 6.07) is -0.215. The first kappa shape index (κ1) is 10.4. The molecule has 5 nitrogen and oxygen atoms in total. The molecule has 1 saturated carbocycles. The molecular formula is C10H16N2O3. The maximum atomic E-state index is 11.8. The third-order valence-electron chi connectivity index (χ3n) is 3.26. The Morgan fingerprint density at radius 3 is 3.00 bits per heavy atom. The lowest BCUT2D eigenvalue weighted by atomic mass is 10.1. The zero-order valence-corrected chi connectivity index (χ0v) is 8.81. The number of fused-ring (bicyclic) bond motifs is 1. The second kappa shape index (κ2) is 3.81. The first-order valence-electron chi connectivity index (χ1n) is 5.26. The van der Waals surface area contributed by atoms with Crippen LogP contribution in [0.3, 0.4) is 0 Å². The Morgan fingerprint density at radius 1 is 1.60 bits per heavy atom. The molecule has 0 aromatic carbocycles. The predicted molar refractivity (Wildman–Crippen MR) is 52.8 cm³/mol. The zero-order chi connectivity index (χ0) is 11.0. The molecule has 5 heteroatoms. The van der Waals surface area contributed by atoms with E-state index >= 15 is 0 Å². The highest BCUT2D eigenvalue weighted by molar-refractivity contribution is 5.86. The van der Waals surface area contributed by atoms with Gasteiger partial charge in [0.1, 0.15) is 6.54 Å². The van der Waals surface area contributed by atoms with Gasteiger partial charge < -0.3 is 15.4 Å². The number of hydrogen-bond acceptors (Lipinski definition) is 4. The number of nitrogens with two attached hydrogens (primary N) is 1.